The number of aromatic amines is 1. The lowest BCUT2D eigenvalue weighted by atomic mass is 10.1. The molecule has 2 aromatic carbocycles. The van der Waals surface area contributed by atoms with Crippen LogP contribution in [0.3, 0.4) is 0 Å². The standard InChI is InChI=1S/C21H22N2O3/c1-13-8-9-18(14(2)10-13)23-21(25)15(3)26-20(24)11-16-12-22-19-7-5-4-6-17(16)19/h4-10,12,15,22H,11H2,1-3H3,(H,23,25). The first-order valence-corrected chi connectivity index (χ1v) is 8.56. The molecular weight excluding hydrogens is 328 g/mol. The number of para-hydroxylation sites is 1. The van der Waals surface area contributed by atoms with Gasteiger partial charge in [0.25, 0.3) is 5.91 Å². The number of aromatic nitrogens is 1. The van der Waals surface area contributed by atoms with E-state index in [0.29, 0.717) is 0 Å². The summed E-state index contributed by atoms with van der Waals surface area (Å²) in [5.41, 5.74) is 4.64. The highest BCUT2D eigenvalue weighted by Gasteiger charge is 2.19. The van der Waals surface area contributed by atoms with Crippen LogP contribution in [0.15, 0.2) is 48.7 Å². The second kappa shape index (κ2) is 7.44. The van der Waals surface area contributed by atoms with Crippen molar-refractivity contribution in [2.45, 2.75) is 33.3 Å². The first-order valence-electron chi connectivity index (χ1n) is 8.56. The number of carbonyl (C=O) groups is 2. The predicted molar refractivity (Wildman–Crippen MR) is 102 cm³/mol. The first-order chi connectivity index (χ1) is 12.4. The Bertz CT molecular complexity index is 959. The monoisotopic (exact) mass is 350 g/mol. The average molecular weight is 350 g/mol. The van der Waals surface area contributed by atoms with Crippen molar-refractivity contribution in [1.29, 1.82) is 0 Å². The molecule has 0 aliphatic heterocycles. The molecule has 1 amide bonds. The number of fused-ring (bicyclic) bond motifs is 1. The number of H-pyrrole nitrogens is 1. The summed E-state index contributed by atoms with van der Waals surface area (Å²) in [6.45, 7) is 5.50. The highest BCUT2D eigenvalue weighted by Crippen LogP contribution is 2.19. The van der Waals surface area contributed by atoms with Gasteiger partial charge >= 0.3 is 5.97 Å². The zero-order chi connectivity index (χ0) is 18.7. The van der Waals surface area contributed by atoms with Crippen LogP contribution in [-0.4, -0.2) is 23.0 Å². The van der Waals surface area contributed by atoms with Gasteiger partial charge in [0.1, 0.15) is 0 Å². The number of anilines is 1. The Balaban J connectivity index is 1.60. The van der Waals surface area contributed by atoms with Crippen molar-refractivity contribution in [3.05, 3.63) is 65.4 Å². The molecule has 1 atom stereocenters. The molecule has 0 fully saturated rings. The van der Waals surface area contributed by atoms with Crippen LogP contribution in [0.25, 0.3) is 10.9 Å². The molecule has 0 spiro atoms. The Morgan fingerprint density at radius 2 is 1.92 bits per heavy atom. The molecule has 0 bridgehead atoms. The lowest BCUT2D eigenvalue weighted by Gasteiger charge is -2.15. The van der Waals surface area contributed by atoms with Crippen molar-refractivity contribution < 1.29 is 14.3 Å². The second-order valence-corrected chi connectivity index (χ2v) is 6.48. The van der Waals surface area contributed by atoms with Crippen molar-refractivity contribution >= 4 is 28.5 Å². The van der Waals surface area contributed by atoms with Gasteiger partial charge in [-0.05, 0) is 44.0 Å². The van der Waals surface area contributed by atoms with E-state index in [1.807, 2.05) is 56.3 Å². The molecule has 2 N–H and O–H groups in total. The number of rotatable bonds is 5. The summed E-state index contributed by atoms with van der Waals surface area (Å²) in [7, 11) is 0. The maximum atomic E-state index is 12.3. The molecule has 0 aliphatic rings. The van der Waals surface area contributed by atoms with Gasteiger partial charge < -0.3 is 15.0 Å². The number of hydrogen-bond donors (Lipinski definition) is 2. The molecule has 1 aromatic heterocycles. The molecule has 0 saturated carbocycles. The second-order valence-electron chi connectivity index (χ2n) is 6.48. The molecule has 0 radical (unpaired) electrons. The smallest absolute Gasteiger partial charge is 0.311 e. The van der Waals surface area contributed by atoms with Crippen LogP contribution in [0.4, 0.5) is 5.69 Å². The summed E-state index contributed by atoms with van der Waals surface area (Å²) in [5, 5.41) is 3.79. The van der Waals surface area contributed by atoms with Gasteiger partial charge in [0, 0.05) is 22.8 Å². The largest absolute Gasteiger partial charge is 0.452 e. The SMILES string of the molecule is Cc1ccc(NC(=O)C(C)OC(=O)Cc2c[nH]c3ccccc23)c(C)c1. The molecule has 5 heteroatoms. The van der Waals surface area contributed by atoms with Crippen molar-refractivity contribution in [3.63, 3.8) is 0 Å². The van der Waals surface area contributed by atoms with E-state index in [2.05, 4.69) is 10.3 Å². The lowest BCUT2D eigenvalue weighted by molar-refractivity contribution is -0.152. The van der Waals surface area contributed by atoms with E-state index >= 15 is 0 Å². The summed E-state index contributed by atoms with van der Waals surface area (Å²) in [5.74, 6) is -0.776. The quantitative estimate of drug-likeness (QED) is 0.686. The fourth-order valence-corrected chi connectivity index (χ4v) is 2.91. The Kier molecular flexibility index (Phi) is 5.07. The van der Waals surface area contributed by atoms with Crippen molar-refractivity contribution in [2.24, 2.45) is 0 Å². The Hall–Kier alpha value is -3.08. The van der Waals surface area contributed by atoms with E-state index in [1.54, 1.807) is 13.1 Å². The number of benzene rings is 2. The normalized spacial score (nSPS) is 12.0. The number of esters is 1. The molecule has 26 heavy (non-hydrogen) atoms. The van der Waals surface area contributed by atoms with Crippen LogP contribution < -0.4 is 5.32 Å². The maximum Gasteiger partial charge on any atom is 0.311 e. The molecule has 3 aromatic rings. The Morgan fingerprint density at radius 1 is 1.15 bits per heavy atom. The topological polar surface area (TPSA) is 71.2 Å². The van der Waals surface area contributed by atoms with Gasteiger partial charge in [-0.1, -0.05) is 35.9 Å². The van der Waals surface area contributed by atoms with Crippen LogP contribution in [0, 0.1) is 13.8 Å². The molecule has 5 nitrogen and oxygen atoms in total. The van der Waals surface area contributed by atoms with Crippen molar-refractivity contribution in [2.75, 3.05) is 5.32 Å². The summed E-state index contributed by atoms with van der Waals surface area (Å²) >= 11 is 0. The van der Waals surface area contributed by atoms with Gasteiger partial charge in [-0.25, -0.2) is 0 Å². The number of hydrogen-bond acceptors (Lipinski definition) is 3. The van der Waals surface area contributed by atoms with Crippen LogP contribution in [0.5, 0.6) is 0 Å². The third kappa shape index (κ3) is 3.94. The maximum absolute atomic E-state index is 12.3. The van der Waals surface area contributed by atoms with Gasteiger partial charge in [0.05, 0.1) is 6.42 Å². The number of aryl methyl sites for hydroxylation is 2. The molecule has 3 rings (SSSR count). The van der Waals surface area contributed by atoms with Crippen LogP contribution in [-0.2, 0) is 20.7 Å². The fourth-order valence-electron chi connectivity index (χ4n) is 2.91. The lowest BCUT2D eigenvalue weighted by Crippen LogP contribution is -2.30. The minimum atomic E-state index is -0.867. The number of ether oxygens (including phenoxy) is 1. The summed E-state index contributed by atoms with van der Waals surface area (Å²) in [4.78, 5) is 27.6. The van der Waals surface area contributed by atoms with E-state index in [1.165, 1.54) is 0 Å². The van der Waals surface area contributed by atoms with Gasteiger partial charge in [0.2, 0.25) is 0 Å². The molecule has 1 heterocycles. The molecule has 0 aliphatic carbocycles. The number of amides is 1. The zero-order valence-electron chi connectivity index (χ0n) is 15.1. The predicted octanol–water partition coefficient (Wildman–Crippen LogP) is 3.90. The van der Waals surface area contributed by atoms with Gasteiger partial charge in [-0.3, -0.25) is 9.59 Å². The minimum absolute atomic E-state index is 0.116. The van der Waals surface area contributed by atoms with Crippen LogP contribution >= 0.6 is 0 Å². The average Bonchev–Trinajstić information content (AvgIpc) is 3.00. The minimum Gasteiger partial charge on any atom is -0.452 e. The highest BCUT2D eigenvalue weighted by atomic mass is 16.5. The highest BCUT2D eigenvalue weighted by molar-refractivity contribution is 5.96. The third-order valence-corrected chi connectivity index (χ3v) is 4.33. The van der Waals surface area contributed by atoms with E-state index < -0.39 is 12.1 Å². The van der Waals surface area contributed by atoms with E-state index in [4.69, 9.17) is 4.74 Å². The van der Waals surface area contributed by atoms with Crippen LogP contribution in [0.2, 0.25) is 0 Å². The zero-order valence-corrected chi connectivity index (χ0v) is 15.1. The van der Waals surface area contributed by atoms with Crippen molar-refractivity contribution in [3.8, 4) is 0 Å². The molecule has 134 valence electrons. The summed E-state index contributed by atoms with van der Waals surface area (Å²) in [6.07, 6.45) is 1.05. The molecular formula is C21H22N2O3. The summed E-state index contributed by atoms with van der Waals surface area (Å²) in [6, 6.07) is 13.5. The fraction of sp³-hybridized carbons (Fsp3) is 0.238. The first kappa shape index (κ1) is 17.7. The Labute approximate surface area is 152 Å². The van der Waals surface area contributed by atoms with Gasteiger partial charge in [-0.2, -0.15) is 0 Å². The van der Waals surface area contributed by atoms with Crippen molar-refractivity contribution in [1.82, 2.24) is 4.98 Å². The van der Waals surface area contributed by atoms with Gasteiger partial charge in [0.15, 0.2) is 6.10 Å². The summed E-state index contributed by atoms with van der Waals surface area (Å²) < 4.78 is 5.31. The number of nitrogens with one attached hydrogen (secondary N) is 2. The number of carbonyl (C=O) groups excluding carboxylic acids is 2. The van der Waals surface area contributed by atoms with E-state index in [-0.39, 0.29) is 12.3 Å². The molecule has 1 unspecified atom stereocenters. The van der Waals surface area contributed by atoms with E-state index in [9.17, 15) is 9.59 Å². The molecule has 0 saturated heterocycles. The van der Waals surface area contributed by atoms with Crippen LogP contribution in [0.1, 0.15) is 23.6 Å². The Morgan fingerprint density at radius 3 is 2.69 bits per heavy atom. The van der Waals surface area contributed by atoms with E-state index in [0.717, 1.165) is 33.3 Å². The van der Waals surface area contributed by atoms with Gasteiger partial charge in [-0.15, -0.1) is 0 Å². The third-order valence-electron chi connectivity index (χ3n) is 4.33.